The minimum atomic E-state index is 0.172. The number of aliphatic hydroxyl groups is 1. The second kappa shape index (κ2) is 7.87. The van der Waals surface area contributed by atoms with Gasteiger partial charge >= 0.3 is 0 Å². The smallest absolute Gasteiger partial charge is 0.0606 e. The van der Waals surface area contributed by atoms with Crippen LogP contribution in [0.3, 0.4) is 0 Å². The van der Waals surface area contributed by atoms with Crippen molar-refractivity contribution in [3.05, 3.63) is 28.8 Å². The Morgan fingerprint density at radius 2 is 2.15 bits per heavy atom. The highest BCUT2D eigenvalue weighted by Crippen LogP contribution is 2.27. The van der Waals surface area contributed by atoms with E-state index in [2.05, 4.69) is 23.2 Å². The third-order valence-electron chi connectivity index (χ3n) is 3.70. The summed E-state index contributed by atoms with van der Waals surface area (Å²) in [6, 6.07) is 6.77. The van der Waals surface area contributed by atoms with Crippen LogP contribution in [-0.4, -0.2) is 30.8 Å². The van der Waals surface area contributed by atoms with Crippen LogP contribution < -0.4 is 10.2 Å². The van der Waals surface area contributed by atoms with E-state index in [9.17, 15) is 5.11 Å². The Hall–Kier alpha value is -0.770. The largest absolute Gasteiger partial charge is 0.395 e. The predicted molar refractivity (Wildman–Crippen MR) is 85.5 cm³/mol. The normalized spacial score (nSPS) is 14.6. The topological polar surface area (TPSA) is 35.5 Å². The van der Waals surface area contributed by atoms with Crippen LogP contribution in [0.4, 0.5) is 5.69 Å². The van der Waals surface area contributed by atoms with Crippen LogP contribution in [0.25, 0.3) is 0 Å². The van der Waals surface area contributed by atoms with Crippen molar-refractivity contribution in [2.75, 3.05) is 24.6 Å². The van der Waals surface area contributed by atoms with Crippen LogP contribution in [0.1, 0.15) is 38.2 Å². The first kappa shape index (κ1) is 15.6. The van der Waals surface area contributed by atoms with Crippen molar-refractivity contribution in [1.29, 1.82) is 0 Å². The summed E-state index contributed by atoms with van der Waals surface area (Å²) in [7, 11) is 0. The highest BCUT2D eigenvalue weighted by Gasteiger charge is 2.21. The van der Waals surface area contributed by atoms with E-state index in [1.54, 1.807) is 0 Å². The van der Waals surface area contributed by atoms with Crippen molar-refractivity contribution in [1.82, 2.24) is 5.32 Å². The van der Waals surface area contributed by atoms with Gasteiger partial charge in [-0.3, -0.25) is 0 Å². The van der Waals surface area contributed by atoms with Gasteiger partial charge in [0, 0.05) is 36.4 Å². The van der Waals surface area contributed by atoms with Crippen molar-refractivity contribution in [2.24, 2.45) is 0 Å². The van der Waals surface area contributed by atoms with Gasteiger partial charge in [-0.05, 0) is 37.0 Å². The van der Waals surface area contributed by atoms with Gasteiger partial charge in [0.15, 0.2) is 0 Å². The zero-order valence-corrected chi connectivity index (χ0v) is 13.0. The van der Waals surface area contributed by atoms with Gasteiger partial charge in [0.1, 0.15) is 0 Å². The number of unbranched alkanes of at least 4 members (excludes halogenated alkanes) is 1. The van der Waals surface area contributed by atoms with Gasteiger partial charge in [-0.2, -0.15) is 0 Å². The number of rotatable bonds is 9. The number of nitrogens with one attached hydrogen (secondary N) is 1. The summed E-state index contributed by atoms with van der Waals surface area (Å²) < 4.78 is 0. The molecule has 0 saturated heterocycles. The van der Waals surface area contributed by atoms with E-state index in [0.29, 0.717) is 12.6 Å². The Kier molecular flexibility index (Phi) is 6.14. The summed E-state index contributed by atoms with van der Waals surface area (Å²) in [4.78, 5) is 2.25. The van der Waals surface area contributed by atoms with Gasteiger partial charge in [0.2, 0.25) is 0 Å². The summed E-state index contributed by atoms with van der Waals surface area (Å²) >= 11 is 6.16. The zero-order valence-electron chi connectivity index (χ0n) is 12.2. The number of hydrogen-bond donors (Lipinski definition) is 2. The molecule has 0 aliphatic heterocycles. The number of halogens is 1. The van der Waals surface area contributed by atoms with Crippen molar-refractivity contribution < 1.29 is 5.11 Å². The first-order valence-electron chi connectivity index (χ1n) is 7.62. The molecular weight excluding hydrogens is 272 g/mol. The molecule has 2 rings (SSSR count). The van der Waals surface area contributed by atoms with Crippen molar-refractivity contribution in [3.63, 3.8) is 0 Å². The van der Waals surface area contributed by atoms with Crippen LogP contribution >= 0.6 is 11.6 Å². The maximum Gasteiger partial charge on any atom is 0.0606 e. The number of hydrogen-bond acceptors (Lipinski definition) is 3. The van der Waals surface area contributed by atoms with Gasteiger partial charge < -0.3 is 15.3 Å². The van der Waals surface area contributed by atoms with Crippen molar-refractivity contribution in [3.8, 4) is 0 Å². The Labute approximate surface area is 126 Å². The van der Waals surface area contributed by atoms with E-state index in [4.69, 9.17) is 11.6 Å². The minimum absolute atomic E-state index is 0.172. The van der Waals surface area contributed by atoms with Crippen LogP contribution in [0, 0.1) is 0 Å². The van der Waals surface area contributed by atoms with Crippen LogP contribution in [0.5, 0.6) is 0 Å². The SMILES string of the molecule is CCCCN(CCO)c1cc(Cl)ccc1CNC1CC1. The number of nitrogens with zero attached hydrogens (tertiary/aromatic N) is 1. The Morgan fingerprint density at radius 1 is 1.35 bits per heavy atom. The quantitative estimate of drug-likeness (QED) is 0.734. The maximum atomic E-state index is 9.30. The van der Waals surface area contributed by atoms with Gasteiger partial charge in [0.05, 0.1) is 6.61 Å². The summed E-state index contributed by atoms with van der Waals surface area (Å²) in [6.07, 6.45) is 4.86. The molecule has 1 aliphatic carbocycles. The molecule has 3 nitrogen and oxygen atoms in total. The molecule has 0 unspecified atom stereocenters. The Bertz CT molecular complexity index is 421. The van der Waals surface area contributed by atoms with Crippen molar-refractivity contribution in [2.45, 2.75) is 45.2 Å². The van der Waals surface area contributed by atoms with Gasteiger partial charge in [-0.15, -0.1) is 0 Å². The molecule has 4 heteroatoms. The van der Waals surface area contributed by atoms with E-state index in [1.165, 1.54) is 18.4 Å². The fourth-order valence-electron chi connectivity index (χ4n) is 2.35. The first-order chi connectivity index (χ1) is 9.74. The molecule has 0 aromatic heterocycles. The lowest BCUT2D eigenvalue weighted by Crippen LogP contribution is -2.29. The molecule has 1 saturated carbocycles. The first-order valence-corrected chi connectivity index (χ1v) is 8.00. The summed E-state index contributed by atoms with van der Waals surface area (Å²) in [5.74, 6) is 0. The van der Waals surface area contributed by atoms with Crippen LogP contribution in [0.15, 0.2) is 18.2 Å². The third kappa shape index (κ3) is 4.65. The molecule has 1 fully saturated rings. The lowest BCUT2D eigenvalue weighted by molar-refractivity contribution is 0.301. The number of benzene rings is 1. The number of aliphatic hydroxyl groups excluding tert-OH is 1. The molecule has 0 amide bonds. The van der Waals surface area contributed by atoms with E-state index in [-0.39, 0.29) is 6.61 Å². The Balaban J connectivity index is 2.12. The molecule has 0 radical (unpaired) electrons. The lowest BCUT2D eigenvalue weighted by atomic mass is 10.1. The van der Waals surface area contributed by atoms with E-state index in [1.807, 2.05) is 12.1 Å². The predicted octanol–water partition coefficient (Wildman–Crippen LogP) is 3.19. The molecule has 2 N–H and O–H groups in total. The lowest BCUT2D eigenvalue weighted by Gasteiger charge is -2.27. The summed E-state index contributed by atoms with van der Waals surface area (Å²) in [5.41, 5.74) is 2.43. The highest BCUT2D eigenvalue weighted by molar-refractivity contribution is 6.30. The molecule has 1 aromatic carbocycles. The highest BCUT2D eigenvalue weighted by atomic mass is 35.5. The van der Waals surface area contributed by atoms with Gasteiger partial charge in [-0.25, -0.2) is 0 Å². The number of anilines is 1. The standard InChI is InChI=1S/C16H25ClN2O/c1-2-3-8-19(9-10-20)16-11-14(17)5-4-13(16)12-18-15-6-7-15/h4-5,11,15,18,20H,2-3,6-10,12H2,1H3. The average molecular weight is 297 g/mol. The monoisotopic (exact) mass is 296 g/mol. The van der Waals surface area contributed by atoms with Gasteiger partial charge in [0.25, 0.3) is 0 Å². The Morgan fingerprint density at radius 3 is 2.80 bits per heavy atom. The third-order valence-corrected chi connectivity index (χ3v) is 3.93. The molecule has 0 spiro atoms. The van der Waals surface area contributed by atoms with Crippen LogP contribution in [0.2, 0.25) is 5.02 Å². The van der Waals surface area contributed by atoms with E-state index in [0.717, 1.165) is 36.6 Å². The molecule has 0 heterocycles. The van der Waals surface area contributed by atoms with E-state index < -0.39 is 0 Å². The van der Waals surface area contributed by atoms with Crippen molar-refractivity contribution >= 4 is 17.3 Å². The second-order valence-electron chi connectivity index (χ2n) is 5.49. The molecule has 112 valence electrons. The summed E-state index contributed by atoms with van der Waals surface area (Å²) in [6.45, 7) is 4.87. The minimum Gasteiger partial charge on any atom is -0.395 e. The summed E-state index contributed by atoms with van der Waals surface area (Å²) in [5, 5.41) is 13.6. The van der Waals surface area contributed by atoms with E-state index >= 15 is 0 Å². The molecule has 1 aromatic rings. The molecule has 1 aliphatic rings. The van der Waals surface area contributed by atoms with Gasteiger partial charge in [-0.1, -0.05) is 31.0 Å². The molecular formula is C16H25ClN2O. The molecule has 0 atom stereocenters. The fraction of sp³-hybridized carbons (Fsp3) is 0.625. The maximum absolute atomic E-state index is 9.30. The molecule has 0 bridgehead atoms. The fourth-order valence-corrected chi connectivity index (χ4v) is 2.51. The average Bonchev–Trinajstić information content (AvgIpc) is 3.26. The second-order valence-corrected chi connectivity index (χ2v) is 5.93. The van der Waals surface area contributed by atoms with Crippen LogP contribution in [-0.2, 0) is 6.54 Å². The molecule has 20 heavy (non-hydrogen) atoms. The zero-order chi connectivity index (χ0) is 14.4.